The molecule has 0 aliphatic heterocycles. The minimum absolute atomic E-state index is 0.0721. The number of ether oxygens (including phenoxy) is 3. The normalized spacial score (nSPS) is 12.2. The molecule has 0 aromatic carbocycles. The highest BCUT2D eigenvalue weighted by molar-refractivity contribution is 5.71. The fourth-order valence-corrected chi connectivity index (χ4v) is 8.65. The van der Waals surface area contributed by atoms with Gasteiger partial charge in [-0.25, -0.2) is 0 Å². The van der Waals surface area contributed by atoms with Crippen LogP contribution in [0.1, 0.15) is 316 Å². The van der Waals surface area contributed by atoms with E-state index in [9.17, 15) is 14.4 Å². The van der Waals surface area contributed by atoms with Crippen molar-refractivity contribution < 1.29 is 28.6 Å². The van der Waals surface area contributed by atoms with Gasteiger partial charge in [0.1, 0.15) is 13.2 Å². The van der Waals surface area contributed by atoms with Gasteiger partial charge in [0.25, 0.3) is 0 Å². The second-order valence-corrected chi connectivity index (χ2v) is 19.9. The summed E-state index contributed by atoms with van der Waals surface area (Å²) in [6.45, 7) is 6.63. The average molecular weight is 942 g/mol. The van der Waals surface area contributed by atoms with Crippen LogP contribution in [0.3, 0.4) is 0 Å². The Morgan fingerprint density at radius 3 is 0.866 bits per heavy atom. The topological polar surface area (TPSA) is 78.9 Å². The van der Waals surface area contributed by atoms with Gasteiger partial charge in [0, 0.05) is 19.3 Å². The predicted octanol–water partition coefficient (Wildman–Crippen LogP) is 19.7. The smallest absolute Gasteiger partial charge is 0.306 e. The molecule has 0 bridgehead atoms. The zero-order valence-corrected chi connectivity index (χ0v) is 44.9. The number of carbonyl (C=O) groups excluding carboxylic acids is 3. The third-order valence-corrected chi connectivity index (χ3v) is 13.1. The molecule has 6 heteroatoms. The summed E-state index contributed by atoms with van der Waals surface area (Å²) in [4.78, 5) is 38.1. The Hall–Kier alpha value is -2.37. The molecule has 0 saturated heterocycles. The molecule has 0 aliphatic rings. The molecule has 0 aromatic rings. The Balaban J connectivity index is 4.25. The minimum atomic E-state index is -0.772. The van der Waals surface area contributed by atoms with Crippen LogP contribution in [0, 0.1) is 0 Å². The molecule has 0 aromatic heterocycles. The predicted molar refractivity (Wildman–Crippen MR) is 289 cm³/mol. The number of hydrogen-bond donors (Lipinski definition) is 0. The van der Waals surface area contributed by atoms with Gasteiger partial charge in [0.15, 0.2) is 6.10 Å². The Kier molecular flexibility index (Phi) is 54.2. The highest BCUT2D eigenvalue weighted by atomic mass is 16.6. The largest absolute Gasteiger partial charge is 0.462 e. The van der Waals surface area contributed by atoms with Crippen LogP contribution >= 0.6 is 0 Å². The van der Waals surface area contributed by atoms with Crippen LogP contribution in [0.4, 0.5) is 0 Å². The Bertz CT molecular complexity index is 1130. The van der Waals surface area contributed by atoms with Crippen molar-refractivity contribution >= 4 is 17.9 Å². The van der Waals surface area contributed by atoms with E-state index in [2.05, 4.69) is 57.2 Å². The Morgan fingerprint density at radius 2 is 0.537 bits per heavy atom. The molecule has 1 atom stereocenters. The van der Waals surface area contributed by atoms with E-state index in [-0.39, 0.29) is 31.1 Å². The summed E-state index contributed by atoms with van der Waals surface area (Å²) in [5.41, 5.74) is 0. The van der Waals surface area contributed by atoms with Crippen molar-refractivity contribution in [1.82, 2.24) is 0 Å². The van der Waals surface area contributed by atoms with Crippen LogP contribution < -0.4 is 0 Å². The first-order chi connectivity index (χ1) is 33.0. The molecule has 0 rings (SSSR count). The lowest BCUT2D eigenvalue weighted by Crippen LogP contribution is -2.30. The van der Waals surface area contributed by atoms with Crippen molar-refractivity contribution in [3.8, 4) is 0 Å². The quantitative estimate of drug-likeness (QED) is 0.0262. The van der Waals surface area contributed by atoms with E-state index in [0.29, 0.717) is 19.3 Å². The first-order valence-electron chi connectivity index (χ1n) is 29.5. The number of allylic oxidation sites excluding steroid dienone is 6. The molecule has 0 N–H and O–H groups in total. The summed E-state index contributed by atoms with van der Waals surface area (Å²) in [6, 6.07) is 0. The summed E-state index contributed by atoms with van der Waals surface area (Å²) in [5, 5.41) is 0. The molecule has 0 spiro atoms. The van der Waals surface area contributed by atoms with Crippen LogP contribution in [0.5, 0.6) is 0 Å². The molecule has 392 valence electrons. The fourth-order valence-electron chi connectivity index (χ4n) is 8.65. The SMILES string of the molecule is CCCCC/C=C\CCCCCCCC(=O)OCC(COC(=O)CCCCCCCCCCCCC/C=C\C/C=C\CCCCCCC)OC(=O)CCCCCCCCCCCCCCCC. The summed E-state index contributed by atoms with van der Waals surface area (Å²) < 4.78 is 16.9. The Labute approximate surface area is 416 Å². The van der Waals surface area contributed by atoms with Crippen LogP contribution in [-0.4, -0.2) is 37.2 Å². The van der Waals surface area contributed by atoms with E-state index in [1.54, 1.807) is 0 Å². The van der Waals surface area contributed by atoms with Crippen LogP contribution in [0.15, 0.2) is 36.5 Å². The maximum atomic E-state index is 12.8. The van der Waals surface area contributed by atoms with E-state index in [1.807, 2.05) is 0 Å². The van der Waals surface area contributed by atoms with Crippen LogP contribution in [0.2, 0.25) is 0 Å². The maximum absolute atomic E-state index is 12.8. The van der Waals surface area contributed by atoms with Gasteiger partial charge in [-0.15, -0.1) is 0 Å². The summed E-state index contributed by atoms with van der Waals surface area (Å²) in [6.07, 6.45) is 67.1. The first kappa shape index (κ1) is 64.6. The average Bonchev–Trinajstić information content (AvgIpc) is 3.33. The fraction of sp³-hybridized carbons (Fsp3) is 0.852. The van der Waals surface area contributed by atoms with Crippen molar-refractivity contribution in [2.75, 3.05) is 13.2 Å². The van der Waals surface area contributed by atoms with Gasteiger partial charge in [0.05, 0.1) is 0 Å². The van der Waals surface area contributed by atoms with Gasteiger partial charge in [-0.05, 0) is 77.0 Å². The minimum Gasteiger partial charge on any atom is -0.462 e. The molecule has 0 amide bonds. The summed E-state index contributed by atoms with van der Waals surface area (Å²) in [7, 11) is 0. The third kappa shape index (κ3) is 54.4. The van der Waals surface area contributed by atoms with Gasteiger partial charge >= 0.3 is 17.9 Å². The van der Waals surface area contributed by atoms with E-state index in [0.717, 1.165) is 70.6 Å². The number of carbonyl (C=O) groups is 3. The molecule has 0 saturated carbocycles. The molecular weight excluding hydrogens is 829 g/mol. The Morgan fingerprint density at radius 1 is 0.299 bits per heavy atom. The lowest BCUT2D eigenvalue weighted by Gasteiger charge is -2.18. The van der Waals surface area contributed by atoms with E-state index in [1.165, 1.54) is 205 Å². The number of esters is 3. The van der Waals surface area contributed by atoms with Gasteiger partial charge in [-0.1, -0.05) is 256 Å². The molecule has 0 heterocycles. The van der Waals surface area contributed by atoms with Crippen LogP contribution in [-0.2, 0) is 28.6 Å². The van der Waals surface area contributed by atoms with Crippen molar-refractivity contribution in [3.63, 3.8) is 0 Å². The number of rotatable bonds is 54. The van der Waals surface area contributed by atoms with Crippen molar-refractivity contribution in [3.05, 3.63) is 36.5 Å². The lowest BCUT2D eigenvalue weighted by atomic mass is 10.0. The second kappa shape index (κ2) is 56.2. The molecule has 6 nitrogen and oxygen atoms in total. The van der Waals surface area contributed by atoms with Crippen molar-refractivity contribution in [2.24, 2.45) is 0 Å². The molecule has 0 aliphatic carbocycles. The summed E-state index contributed by atoms with van der Waals surface area (Å²) >= 11 is 0. The third-order valence-electron chi connectivity index (χ3n) is 13.1. The van der Waals surface area contributed by atoms with Crippen molar-refractivity contribution in [1.29, 1.82) is 0 Å². The van der Waals surface area contributed by atoms with Gasteiger partial charge in [0.2, 0.25) is 0 Å². The molecule has 0 radical (unpaired) electrons. The molecule has 67 heavy (non-hydrogen) atoms. The highest BCUT2D eigenvalue weighted by Crippen LogP contribution is 2.16. The first-order valence-corrected chi connectivity index (χ1v) is 29.5. The lowest BCUT2D eigenvalue weighted by molar-refractivity contribution is -0.167. The molecule has 0 fully saturated rings. The highest BCUT2D eigenvalue weighted by Gasteiger charge is 2.19. The zero-order valence-electron chi connectivity index (χ0n) is 44.9. The standard InChI is InChI=1S/C61H112O6/c1-4-7-10-13-16-19-22-25-27-28-29-30-31-32-33-34-35-37-39-42-45-48-51-54-60(63)66-57-58(56-65-59(62)53-50-47-44-41-38-24-21-18-15-12-9-6-3)67-61(64)55-52-49-46-43-40-36-26-23-20-17-14-11-8-5-2/h18,21-22,25,28-29,58H,4-17,19-20,23-24,26-27,30-57H2,1-3H3/b21-18-,25-22-,29-28-. The monoisotopic (exact) mass is 941 g/mol. The van der Waals surface area contributed by atoms with E-state index < -0.39 is 6.10 Å². The van der Waals surface area contributed by atoms with Gasteiger partial charge < -0.3 is 14.2 Å². The van der Waals surface area contributed by atoms with E-state index >= 15 is 0 Å². The summed E-state index contributed by atoms with van der Waals surface area (Å²) in [5.74, 6) is -0.866. The van der Waals surface area contributed by atoms with Crippen LogP contribution in [0.25, 0.3) is 0 Å². The van der Waals surface area contributed by atoms with E-state index in [4.69, 9.17) is 14.2 Å². The number of hydrogen-bond acceptors (Lipinski definition) is 6. The maximum Gasteiger partial charge on any atom is 0.306 e. The second-order valence-electron chi connectivity index (χ2n) is 19.9. The zero-order chi connectivity index (χ0) is 48.6. The van der Waals surface area contributed by atoms with Gasteiger partial charge in [-0.2, -0.15) is 0 Å². The molecular formula is C61H112O6. The molecule has 1 unspecified atom stereocenters. The van der Waals surface area contributed by atoms with Crippen molar-refractivity contribution in [2.45, 2.75) is 322 Å². The number of unbranched alkanes of at least 4 members (excludes halogenated alkanes) is 37. The van der Waals surface area contributed by atoms with Gasteiger partial charge in [-0.3, -0.25) is 14.4 Å².